The zero-order chi connectivity index (χ0) is 26.5. The van der Waals surface area contributed by atoms with Crippen molar-refractivity contribution in [3.63, 3.8) is 0 Å². The van der Waals surface area contributed by atoms with Crippen molar-refractivity contribution in [2.24, 2.45) is 7.05 Å². The lowest BCUT2D eigenvalue weighted by atomic mass is 9.59. The van der Waals surface area contributed by atoms with Crippen LogP contribution in [-0.4, -0.2) is 47.5 Å². The number of benzene rings is 1. The fourth-order valence-electron chi connectivity index (χ4n) is 5.37. The molecule has 190 valence electrons. The van der Waals surface area contributed by atoms with E-state index in [1.54, 1.807) is 6.08 Å². The molecule has 2 heterocycles. The van der Waals surface area contributed by atoms with Crippen LogP contribution in [0.3, 0.4) is 0 Å². The number of hydrogen-bond acceptors (Lipinski definition) is 6. The highest BCUT2D eigenvalue weighted by Crippen LogP contribution is 2.64. The Bertz CT molecular complexity index is 1570. The molecule has 0 spiro atoms. The quantitative estimate of drug-likeness (QED) is 0.422. The number of aromatic nitrogens is 3. The van der Waals surface area contributed by atoms with Crippen LogP contribution in [-0.2, 0) is 23.2 Å². The molecule has 1 fully saturated rings. The smallest absolute Gasteiger partial charge is 0.347 e. The van der Waals surface area contributed by atoms with E-state index in [2.05, 4.69) is 0 Å². The maximum Gasteiger partial charge on any atom is 0.347 e. The minimum absolute atomic E-state index is 0.0189. The molecule has 9 nitrogen and oxygen atoms in total. The largest absolute Gasteiger partial charge is 0.503 e. The first kappa shape index (κ1) is 25.5. The summed E-state index contributed by atoms with van der Waals surface area (Å²) in [5.41, 5.74) is -0.526. The Balaban J connectivity index is 1.88. The van der Waals surface area contributed by atoms with Crippen molar-refractivity contribution in [1.29, 1.82) is 0 Å². The van der Waals surface area contributed by atoms with Crippen molar-refractivity contribution in [3.8, 4) is 11.5 Å². The first-order valence-electron chi connectivity index (χ1n) is 10.5. The van der Waals surface area contributed by atoms with Crippen LogP contribution in [0.2, 0.25) is 5.02 Å². The van der Waals surface area contributed by atoms with Crippen molar-refractivity contribution < 1.29 is 19.4 Å². The molecule has 2 aliphatic carbocycles. The molecule has 1 aliphatic heterocycles. The molecule has 0 radical (unpaired) electrons. The molecule has 3 aliphatic rings. The number of rotatable bonds is 2. The van der Waals surface area contributed by atoms with E-state index in [9.17, 15) is 24.3 Å². The Morgan fingerprint density at radius 3 is 2.31 bits per heavy atom. The number of ether oxygens (including phenoxy) is 1. The van der Waals surface area contributed by atoms with Crippen LogP contribution in [0.5, 0.6) is 11.5 Å². The second-order valence-electron chi connectivity index (χ2n) is 8.76. The van der Waals surface area contributed by atoms with E-state index in [-0.39, 0.29) is 35.1 Å². The lowest BCUT2D eigenvalue weighted by molar-refractivity contribution is -0.128. The second kappa shape index (κ2) is 8.16. The van der Waals surface area contributed by atoms with Crippen molar-refractivity contribution in [2.45, 2.75) is 34.7 Å². The van der Waals surface area contributed by atoms with Crippen LogP contribution in [0.15, 0.2) is 43.4 Å². The van der Waals surface area contributed by atoms with Crippen LogP contribution in [0.25, 0.3) is 0 Å². The maximum atomic E-state index is 13.7. The number of allylic oxidation sites excluding steroid dienone is 4. The van der Waals surface area contributed by atoms with E-state index >= 15 is 0 Å². The van der Waals surface area contributed by atoms with Gasteiger partial charge in [0.15, 0.2) is 23.1 Å². The Morgan fingerprint density at radius 2 is 1.67 bits per heavy atom. The second-order valence-corrected chi connectivity index (χ2v) is 11.2. The lowest BCUT2D eigenvalue weighted by Gasteiger charge is -2.54. The van der Waals surface area contributed by atoms with Gasteiger partial charge in [0.25, 0.3) is 0 Å². The normalized spacial score (nSPS) is 29.5. The SMILES string of the molecule is COc1cc([C@H]2C3=CCn4c(=O)n(C)c(=O)n4[C@@H]3C[C@@]3(Cl)C(=O)C(Cl)=C(Cl)C(=O)[C@@]23Cl)cc(Cl)c1O. The fraction of sp³-hybridized carbons (Fsp3) is 0.364. The average molecular weight is 596 g/mol. The topological polar surface area (TPSA) is 113 Å². The van der Waals surface area contributed by atoms with E-state index in [1.165, 1.54) is 35.7 Å². The highest BCUT2D eigenvalue weighted by atomic mass is 35.5. The summed E-state index contributed by atoms with van der Waals surface area (Å²) in [6.07, 6.45) is 1.31. The van der Waals surface area contributed by atoms with Gasteiger partial charge in [0.2, 0.25) is 0 Å². The van der Waals surface area contributed by atoms with Gasteiger partial charge >= 0.3 is 11.4 Å². The van der Waals surface area contributed by atoms with E-state index in [1.807, 2.05) is 0 Å². The highest BCUT2D eigenvalue weighted by molar-refractivity contribution is 6.66. The third-order valence-electron chi connectivity index (χ3n) is 7.10. The summed E-state index contributed by atoms with van der Waals surface area (Å²) in [6, 6.07) is 1.80. The molecule has 1 aromatic heterocycles. The summed E-state index contributed by atoms with van der Waals surface area (Å²) >= 11 is 32.6. The average Bonchev–Trinajstić information content (AvgIpc) is 3.07. The number of fused-ring (bicyclic) bond motifs is 4. The predicted molar refractivity (Wildman–Crippen MR) is 134 cm³/mol. The Hall–Kier alpha value is -2.17. The summed E-state index contributed by atoms with van der Waals surface area (Å²) in [5.74, 6) is -3.35. The minimum atomic E-state index is -2.20. The summed E-state index contributed by atoms with van der Waals surface area (Å²) in [5, 5.41) is 9.02. The van der Waals surface area contributed by atoms with Gasteiger partial charge in [0.05, 0.1) is 24.7 Å². The van der Waals surface area contributed by atoms with Gasteiger partial charge in [-0.25, -0.2) is 23.5 Å². The van der Waals surface area contributed by atoms with Gasteiger partial charge in [0, 0.05) is 19.4 Å². The van der Waals surface area contributed by atoms with Gasteiger partial charge in [-0.15, -0.1) is 23.2 Å². The van der Waals surface area contributed by atoms with Gasteiger partial charge in [-0.05, 0) is 23.3 Å². The van der Waals surface area contributed by atoms with Crippen molar-refractivity contribution in [1.82, 2.24) is 13.9 Å². The molecular weight excluding hydrogens is 580 g/mol. The molecule has 2 aromatic rings. The number of methoxy groups -OCH3 is 1. The van der Waals surface area contributed by atoms with Crippen LogP contribution in [0, 0.1) is 0 Å². The zero-order valence-electron chi connectivity index (χ0n) is 18.5. The third kappa shape index (κ3) is 2.98. The molecule has 0 bridgehead atoms. The maximum absolute atomic E-state index is 13.7. The number of carbonyl (C=O) groups is 2. The van der Waals surface area contributed by atoms with Gasteiger partial charge in [-0.3, -0.25) is 9.59 Å². The molecular formula is C22H16Cl5N3O6. The van der Waals surface area contributed by atoms with Crippen molar-refractivity contribution in [2.75, 3.05) is 7.11 Å². The molecule has 36 heavy (non-hydrogen) atoms. The van der Waals surface area contributed by atoms with Gasteiger partial charge in [0.1, 0.15) is 19.8 Å². The molecule has 1 aromatic carbocycles. The summed E-state index contributed by atoms with van der Waals surface area (Å²) in [4.78, 5) is 48.5. The first-order chi connectivity index (χ1) is 16.8. The molecule has 1 N–H and O–H groups in total. The van der Waals surface area contributed by atoms with Crippen LogP contribution < -0.4 is 16.1 Å². The lowest BCUT2D eigenvalue weighted by Crippen LogP contribution is -2.67. The van der Waals surface area contributed by atoms with Gasteiger partial charge in [-0.1, -0.05) is 40.9 Å². The minimum Gasteiger partial charge on any atom is -0.503 e. The number of Topliss-reactive ketones (excluding diaryl/α,β-unsaturated/α-hetero) is 2. The number of nitrogens with zero attached hydrogens (tertiary/aromatic N) is 3. The Morgan fingerprint density at radius 1 is 1.03 bits per heavy atom. The number of phenolic OH excluding ortho intramolecular Hbond substituents is 1. The standard InChI is InChI=1S/C22H16Cl5N3O6/c1-28-19(34)29-4-3-9-11(30(29)20(28)35)7-21(26)17(32)14(24)15(25)18(33)22(21,27)13(9)8-5-10(23)16(31)12(6-8)36-2/h3,5-6,11,13,31H,4,7H2,1-2H3/t11-,13+,21-,22+/m1/s1. The summed E-state index contributed by atoms with van der Waals surface area (Å²) in [7, 11) is 2.63. The molecule has 5 rings (SSSR count). The van der Waals surface area contributed by atoms with Crippen molar-refractivity contribution >= 4 is 69.6 Å². The van der Waals surface area contributed by atoms with Crippen LogP contribution in [0.1, 0.15) is 23.9 Å². The van der Waals surface area contributed by atoms with E-state index in [0.29, 0.717) is 5.57 Å². The molecule has 14 heteroatoms. The van der Waals surface area contributed by atoms with Crippen LogP contribution >= 0.6 is 58.0 Å². The van der Waals surface area contributed by atoms with E-state index < -0.39 is 54.7 Å². The predicted octanol–water partition coefficient (Wildman–Crippen LogP) is 3.18. The summed E-state index contributed by atoms with van der Waals surface area (Å²) in [6.45, 7) is -0.0189. The third-order valence-corrected chi connectivity index (χ3v) is 9.64. The summed E-state index contributed by atoms with van der Waals surface area (Å²) < 4.78 is 8.55. The molecule has 0 unspecified atom stereocenters. The molecule has 0 amide bonds. The molecule has 0 saturated heterocycles. The van der Waals surface area contributed by atoms with Crippen LogP contribution in [0.4, 0.5) is 0 Å². The number of aromatic hydroxyl groups is 1. The number of halogens is 5. The van der Waals surface area contributed by atoms with Crippen molar-refractivity contribution in [3.05, 3.63) is 65.4 Å². The zero-order valence-corrected chi connectivity index (χ0v) is 22.3. The van der Waals surface area contributed by atoms with E-state index in [4.69, 9.17) is 62.7 Å². The van der Waals surface area contributed by atoms with E-state index in [0.717, 1.165) is 4.57 Å². The molecule has 1 saturated carbocycles. The Labute approximate surface area is 228 Å². The van der Waals surface area contributed by atoms with Gasteiger partial charge < -0.3 is 9.84 Å². The Kier molecular flexibility index (Phi) is 5.78. The monoisotopic (exact) mass is 593 g/mol. The number of ketones is 2. The number of hydrogen-bond donors (Lipinski definition) is 1. The fourth-order valence-corrected chi connectivity index (χ4v) is 7.11. The first-order valence-corrected chi connectivity index (χ1v) is 12.4. The number of carbonyl (C=O) groups excluding carboxylic acids is 2. The van der Waals surface area contributed by atoms with Gasteiger partial charge in [-0.2, -0.15) is 0 Å². The highest BCUT2D eigenvalue weighted by Gasteiger charge is 2.71. The number of alkyl halides is 2. The number of phenols is 1. The molecule has 4 atom stereocenters.